The van der Waals surface area contributed by atoms with E-state index in [1.807, 2.05) is 0 Å². The highest BCUT2D eigenvalue weighted by Crippen LogP contribution is 2.45. The number of benzene rings is 1. The summed E-state index contributed by atoms with van der Waals surface area (Å²) in [6.07, 6.45) is -0.998. The van der Waals surface area contributed by atoms with Crippen molar-refractivity contribution in [1.82, 2.24) is 10.4 Å². The zero-order valence-corrected chi connectivity index (χ0v) is 16.5. The van der Waals surface area contributed by atoms with Crippen molar-refractivity contribution >= 4 is 28.1 Å². The van der Waals surface area contributed by atoms with Crippen molar-refractivity contribution in [3.05, 3.63) is 16.1 Å². The van der Waals surface area contributed by atoms with Gasteiger partial charge in [0, 0.05) is 0 Å². The molecule has 1 aromatic rings. The van der Waals surface area contributed by atoms with Crippen LogP contribution in [0.25, 0.3) is 0 Å². The number of hydrogen-bond acceptors (Lipinski definition) is 7. The first-order valence-corrected chi connectivity index (χ1v) is 8.62. The molecule has 1 aliphatic heterocycles. The maximum absolute atomic E-state index is 11.9. The Morgan fingerprint density at radius 3 is 2.58 bits per heavy atom. The summed E-state index contributed by atoms with van der Waals surface area (Å²) < 4.78 is 26.6. The Kier molecular flexibility index (Phi) is 6.78. The second-order valence-corrected chi connectivity index (χ2v) is 6.05. The van der Waals surface area contributed by atoms with E-state index in [4.69, 9.17) is 23.7 Å². The molecule has 2 amide bonds. The van der Waals surface area contributed by atoms with E-state index in [-0.39, 0.29) is 13.2 Å². The van der Waals surface area contributed by atoms with Gasteiger partial charge in [-0.05, 0) is 40.9 Å². The first kappa shape index (κ1) is 20.0. The van der Waals surface area contributed by atoms with Crippen LogP contribution in [0, 0.1) is 0 Å². The van der Waals surface area contributed by atoms with E-state index < -0.39 is 18.2 Å². The molecule has 0 saturated carbocycles. The average molecular weight is 433 g/mol. The van der Waals surface area contributed by atoms with Gasteiger partial charge in [-0.25, -0.2) is 20.0 Å². The minimum atomic E-state index is -0.722. The number of cyclic esters (lactones) is 1. The van der Waals surface area contributed by atoms with Gasteiger partial charge >= 0.3 is 12.2 Å². The van der Waals surface area contributed by atoms with Gasteiger partial charge in [0.25, 0.3) is 0 Å². The van der Waals surface area contributed by atoms with E-state index in [0.29, 0.717) is 28.1 Å². The first-order valence-electron chi connectivity index (χ1n) is 7.83. The summed E-state index contributed by atoms with van der Waals surface area (Å²) in [5.74, 6) is 1.40. The Balaban J connectivity index is 2.28. The molecule has 1 N–H and O–H groups in total. The topological polar surface area (TPSA) is 95.6 Å². The number of rotatable bonds is 7. The van der Waals surface area contributed by atoms with Crippen LogP contribution in [0.2, 0.25) is 0 Å². The van der Waals surface area contributed by atoms with Crippen LogP contribution in [0.4, 0.5) is 9.59 Å². The van der Waals surface area contributed by atoms with Crippen molar-refractivity contribution in [1.29, 1.82) is 0 Å². The number of nitrogens with zero attached hydrogens (tertiary/aromatic N) is 1. The Hall–Kier alpha value is -2.36. The fourth-order valence-corrected chi connectivity index (χ4v) is 3.20. The van der Waals surface area contributed by atoms with E-state index in [2.05, 4.69) is 21.4 Å². The molecule has 0 spiro atoms. The number of nitrogens with one attached hydrogen (secondary N) is 1. The molecule has 10 heteroatoms. The number of carbonyl (C=O) groups is 2. The predicted octanol–water partition coefficient (Wildman–Crippen LogP) is 2.50. The van der Waals surface area contributed by atoms with Crippen molar-refractivity contribution in [3.63, 3.8) is 0 Å². The Morgan fingerprint density at radius 2 is 2.00 bits per heavy atom. The lowest BCUT2D eigenvalue weighted by molar-refractivity contribution is 0.107. The molecule has 0 aromatic heterocycles. The lowest BCUT2D eigenvalue weighted by Gasteiger charge is -2.23. The second kappa shape index (κ2) is 8.84. The summed E-state index contributed by atoms with van der Waals surface area (Å²) in [6, 6.07) is 1.35. The van der Waals surface area contributed by atoms with E-state index >= 15 is 0 Å². The fraction of sp³-hybridized carbons (Fsp3) is 0.500. The zero-order valence-electron chi connectivity index (χ0n) is 15.0. The number of hydrogen-bond donors (Lipinski definition) is 1. The molecule has 144 valence electrons. The quantitative estimate of drug-likeness (QED) is 0.706. The molecule has 1 aliphatic rings. The number of halogens is 1. The van der Waals surface area contributed by atoms with E-state index in [1.54, 1.807) is 13.0 Å². The molecule has 1 saturated heterocycles. The molecular weight excluding hydrogens is 412 g/mol. The molecular formula is C16H21BrN2O7. The predicted molar refractivity (Wildman–Crippen MR) is 94.6 cm³/mol. The maximum Gasteiger partial charge on any atom is 0.429 e. The molecule has 1 heterocycles. The van der Waals surface area contributed by atoms with Gasteiger partial charge in [-0.1, -0.05) is 0 Å². The first-order chi connectivity index (χ1) is 12.5. The van der Waals surface area contributed by atoms with Gasteiger partial charge < -0.3 is 23.7 Å². The molecule has 0 unspecified atom stereocenters. The summed E-state index contributed by atoms with van der Waals surface area (Å²) in [6.45, 7) is 1.98. The van der Waals surface area contributed by atoms with Crippen LogP contribution in [-0.2, 0) is 15.9 Å². The van der Waals surface area contributed by atoms with Gasteiger partial charge in [0.15, 0.2) is 11.5 Å². The molecule has 0 bridgehead atoms. The van der Waals surface area contributed by atoms with Crippen molar-refractivity contribution in [2.45, 2.75) is 19.4 Å². The highest BCUT2D eigenvalue weighted by molar-refractivity contribution is 9.10. The number of amides is 2. The molecule has 9 nitrogen and oxygen atoms in total. The number of hydrazine groups is 1. The normalized spacial score (nSPS) is 16.1. The molecule has 2 rings (SSSR count). The number of carbonyl (C=O) groups excluding carboxylic acids is 2. The number of methoxy groups -OCH3 is 3. The molecule has 1 atom stereocenters. The highest BCUT2D eigenvalue weighted by Gasteiger charge is 2.36. The molecule has 1 aromatic carbocycles. The minimum Gasteiger partial charge on any atom is -0.493 e. The Labute approximate surface area is 159 Å². The third-order valence-corrected chi connectivity index (χ3v) is 4.62. The van der Waals surface area contributed by atoms with E-state index in [1.165, 1.54) is 21.3 Å². The van der Waals surface area contributed by atoms with Gasteiger partial charge in [0.1, 0.15) is 6.61 Å². The third kappa shape index (κ3) is 4.06. The van der Waals surface area contributed by atoms with Gasteiger partial charge in [-0.2, -0.15) is 0 Å². The summed E-state index contributed by atoms with van der Waals surface area (Å²) in [4.78, 5) is 23.5. The molecule has 26 heavy (non-hydrogen) atoms. The average Bonchev–Trinajstić information content (AvgIpc) is 2.96. The smallest absolute Gasteiger partial charge is 0.429 e. The fourth-order valence-electron chi connectivity index (χ4n) is 2.58. The summed E-state index contributed by atoms with van der Waals surface area (Å²) in [5.41, 5.74) is 3.18. The van der Waals surface area contributed by atoms with Gasteiger partial charge in [-0.15, -0.1) is 0 Å². The zero-order chi connectivity index (χ0) is 19.3. The van der Waals surface area contributed by atoms with Crippen LogP contribution in [-0.4, -0.2) is 57.8 Å². The van der Waals surface area contributed by atoms with Gasteiger partial charge in [0.05, 0.1) is 38.5 Å². The standard InChI is InChI=1S/C16H21BrN2O7/c1-5-25-15(20)18-19-10(8-26-16(19)21)6-9-7-11(22-2)13(23-3)14(24-4)12(9)17/h7,10H,5-6,8H2,1-4H3,(H,18,20)/t10-/m1/s1. The van der Waals surface area contributed by atoms with Crippen LogP contribution in [0.15, 0.2) is 10.5 Å². The van der Waals surface area contributed by atoms with Crippen molar-refractivity contribution in [2.24, 2.45) is 0 Å². The maximum atomic E-state index is 11.9. The summed E-state index contributed by atoms with van der Waals surface area (Å²) >= 11 is 3.50. The molecule has 0 aliphatic carbocycles. The molecule has 1 fully saturated rings. The van der Waals surface area contributed by atoms with Crippen molar-refractivity contribution in [2.75, 3.05) is 34.5 Å². The minimum absolute atomic E-state index is 0.119. The highest BCUT2D eigenvalue weighted by atomic mass is 79.9. The van der Waals surface area contributed by atoms with Crippen molar-refractivity contribution < 1.29 is 33.3 Å². The van der Waals surface area contributed by atoms with Gasteiger partial charge in [0.2, 0.25) is 5.75 Å². The lowest BCUT2D eigenvalue weighted by Crippen LogP contribution is -2.48. The van der Waals surface area contributed by atoms with Gasteiger partial charge in [-0.3, -0.25) is 0 Å². The number of ether oxygens (including phenoxy) is 5. The van der Waals surface area contributed by atoms with Crippen molar-refractivity contribution in [3.8, 4) is 17.2 Å². The summed E-state index contributed by atoms with van der Waals surface area (Å²) in [5, 5.41) is 1.12. The lowest BCUT2D eigenvalue weighted by atomic mass is 10.0. The SMILES string of the molecule is CCOC(=O)NN1C(=O)OC[C@H]1Cc1cc(OC)c(OC)c(OC)c1Br. The van der Waals surface area contributed by atoms with Crippen LogP contribution < -0.4 is 19.6 Å². The Bertz CT molecular complexity index is 683. The Morgan fingerprint density at radius 1 is 1.31 bits per heavy atom. The van der Waals surface area contributed by atoms with Crippen LogP contribution >= 0.6 is 15.9 Å². The largest absolute Gasteiger partial charge is 0.493 e. The second-order valence-electron chi connectivity index (χ2n) is 5.26. The summed E-state index contributed by atoms with van der Waals surface area (Å²) in [7, 11) is 4.55. The van der Waals surface area contributed by atoms with Crippen LogP contribution in [0.5, 0.6) is 17.2 Å². The molecule has 0 radical (unpaired) electrons. The monoisotopic (exact) mass is 432 g/mol. The van der Waals surface area contributed by atoms with E-state index in [9.17, 15) is 9.59 Å². The van der Waals surface area contributed by atoms with E-state index in [0.717, 1.165) is 10.6 Å². The van der Waals surface area contributed by atoms with Crippen LogP contribution in [0.3, 0.4) is 0 Å². The third-order valence-electron chi connectivity index (χ3n) is 3.75. The van der Waals surface area contributed by atoms with Crippen LogP contribution in [0.1, 0.15) is 12.5 Å².